The number of halogens is 3. The van der Waals surface area contributed by atoms with E-state index in [-0.39, 0.29) is 42.5 Å². The summed E-state index contributed by atoms with van der Waals surface area (Å²) in [4.78, 5) is 31.9. The van der Waals surface area contributed by atoms with E-state index in [1.54, 1.807) is 18.2 Å². The normalized spacial score (nSPS) is 11.6. The molecule has 0 aliphatic rings. The standard InChI is InChI=1S/C26H21F3N6O4/c27-26(28,29)25-32-19-7-3-4-8-20(19)35(25)14-21-33-24(39-34-21)23(37)31-12-11-30-22(36)15-38-18-10-9-16-5-1-2-6-17(16)13-18/h1-10,13H,11-12,14-15H2,(H,30,36)(H,31,37). The molecule has 0 unspecified atom stereocenters. The Morgan fingerprint density at radius 3 is 2.49 bits per heavy atom. The Kier molecular flexibility index (Phi) is 7.12. The second kappa shape index (κ2) is 10.8. The van der Waals surface area contributed by atoms with Gasteiger partial charge in [0.25, 0.3) is 5.91 Å². The molecule has 13 heteroatoms. The first kappa shape index (κ1) is 25.7. The Labute approximate surface area is 218 Å². The number of nitrogens with zero attached hydrogens (tertiary/aromatic N) is 4. The molecule has 0 atom stereocenters. The number of hydrogen-bond donors (Lipinski definition) is 2. The van der Waals surface area contributed by atoms with Crippen molar-refractivity contribution in [2.24, 2.45) is 0 Å². The van der Waals surface area contributed by atoms with E-state index in [2.05, 4.69) is 25.8 Å². The molecule has 5 rings (SSSR count). The highest BCUT2D eigenvalue weighted by Crippen LogP contribution is 2.31. The number of hydrogen-bond acceptors (Lipinski definition) is 7. The number of amides is 2. The molecule has 0 aliphatic carbocycles. The molecule has 200 valence electrons. The smallest absolute Gasteiger partial charge is 0.449 e. The summed E-state index contributed by atoms with van der Waals surface area (Å²) in [7, 11) is 0. The van der Waals surface area contributed by atoms with E-state index in [4.69, 9.17) is 9.26 Å². The SMILES string of the molecule is O=C(COc1ccc2ccccc2c1)NCCNC(=O)c1nc(Cn2c(C(F)(F)F)nc3ccccc32)no1. The van der Waals surface area contributed by atoms with Crippen molar-refractivity contribution in [3.8, 4) is 5.75 Å². The second-order valence-corrected chi connectivity index (χ2v) is 8.43. The highest BCUT2D eigenvalue weighted by atomic mass is 19.4. The fourth-order valence-electron chi connectivity index (χ4n) is 3.91. The van der Waals surface area contributed by atoms with Crippen LogP contribution in [0.5, 0.6) is 5.75 Å². The number of para-hydroxylation sites is 2. The Morgan fingerprint density at radius 1 is 0.923 bits per heavy atom. The summed E-state index contributed by atoms with van der Waals surface area (Å²) < 4.78 is 51.8. The van der Waals surface area contributed by atoms with Gasteiger partial charge in [-0.15, -0.1) is 0 Å². The van der Waals surface area contributed by atoms with E-state index in [9.17, 15) is 22.8 Å². The van der Waals surface area contributed by atoms with Crippen molar-refractivity contribution in [2.45, 2.75) is 12.7 Å². The number of alkyl halides is 3. The van der Waals surface area contributed by atoms with Gasteiger partial charge in [0.15, 0.2) is 12.4 Å². The number of fused-ring (bicyclic) bond motifs is 2. The first-order chi connectivity index (χ1) is 18.8. The fourth-order valence-corrected chi connectivity index (χ4v) is 3.91. The summed E-state index contributed by atoms with van der Waals surface area (Å²) >= 11 is 0. The average molecular weight is 538 g/mol. The molecule has 39 heavy (non-hydrogen) atoms. The van der Waals surface area contributed by atoms with Gasteiger partial charge >= 0.3 is 18.0 Å². The number of carbonyl (C=O) groups is 2. The van der Waals surface area contributed by atoms with Crippen molar-refractivity contribution in [1.82, 2.24) is 30.3 Å². The molecule has 2 heterocycles. The number of imidazole rings is 1. The van der Waals surface area contributed by atoms with Crippen LogP contribution in [0.4, 0.5) is 13.2 Å². The molecule has 0 fully saturated rings. The average Bonchev–Trinajstić information content (AvgIpc) is 3.55. The van der Waals surface area contributed by atoms with Crippen LogP contribution in [-0.4, -0.2) is 51.2 Å². The topological polar surface area (TPSA) is 124 Å². The highest BCUT2D eigenvalue weighted by molar-refractivity contribution is 5.89. The molecule has 0 saturated heterocycles. The van der Waals surface area contributed by atoms with Gasteiger partial charge in [0.1, 0.15) is 5.75 Å². The number of ether oxygens (including phenoxy) is 1. The van der Waals surface area contributed by atoms with Crippen LogP contribution in [-0.2, 0) is 17.5 Å². The van der Waals surface area contributed by atoms with Crippen LogP contribution in [0.15, 0.2) is 71.3 Å². The van der Waals surface area contributed by atoms with Crippen LogP contribution < -0.4 is 15.4 Å². The Bertz CT molecular complexity index is 1650. The van der Waals surface area contributed by atoms with Crippen LogP contribution in [0.3, 0.4) is 0 Å². The maximum Gasteiger partial charge on any atom is 0.449 e. The first-order valence-electron chi connectivity index (χ1n) is 11.8. The summed E-state index contributed by atoms with van der Waals surface area (Å²) in [5, 5.41) is 10.8. The Balaban J connectivity index is 1.10. The van der Waals surface area contributed by atoms with Gasteiger partial charge in [-0.05, 0) is 35.0 Å². The molecule has 2 aromatic heterocycles. The summed E-state index contributed by atoms with van der Waals surface area (Å²) in [6.45, 7) is -0.465. The molecule has 0 bridgehead atoms. The molecule has 2 N–H and O–H groups in total. The minimum Gasteiger partial charge on any atom is -0.484 e. The van der Waals surface area contributed by atoms with E-state index in [1.165, 1.54) is 12.1 Å². The van der Waals surface area contributed by atoms with Crippen LogP contribution in [0, 0.1) is 0 Å². The molecular weight excluding hydrogens is 517 g/mol. The van der Waals surface area contributed by atoms with E-state index in [0.29, 0.717) is 5.75 Å². The van der Waals surface area contributed by atoms with Crippen LogP contribution in [0.25, 0.3) is 21.8 Å². The zero-order chi connectivity index (χ0) is 27.4. The molecule has 5 aromatic rings. The molecule has 0 saturated carbocycles. The van der Waals surface area contributed by atoms with Crippen molar-refractivity contribution < 1.29 is 32.0 Å². The predicted molar refractivity (Wildman–Crippen MR) is 133 cm³/mol. The molecule has 0 radical (unpaired) electrons. The zero-order valence-electron chi connectivity index (χ0n) is 20.2. The lowest BCUT2D eigenvalue weighted by Crippen LogP contribution is -2.36. The number of carbonyl (C=O) groups excluding carboxylic acids is 2. The lowest BCUT2D eigenvalue weighted by molar-refractivity contribution is -0.146. The van der Waals surface area contributed by atoms with Crippen molar-refractivity contribution >= 4 is 33.6 Å². The number of nitrogens with one attached hydrogen (secondary N) is 2. The van der Waals surface area contributed by atoms with E-state index < -0.39 is 30.3 Å². The van der Waals surface area contributed by atoms with Crippen molar-refractivity contribution in [2.75, 3.05) is 19.7 Å². The maximum absolute atomic E-state index is 13.5. The quantitative estimate of drug-likeness (QED) is 0.275. The fraction of sp³-hybridized carbons (Fsp3) is 0.192. The number of benzene rings is 3. The summed E-state index contributed by atoms with van der Waals surface area (Å²) in [5.74, 6) is -2.23. The summed E-state index contributed by atoms with van der Waals surface area (Å²) in [5.41, 5.74) is 0.400. The van der Waals surface area contributed by atoms with Gasteiger partial charge in [-0.3, -0.25) is 9.59 Å². The van der Waals surface area contributed by atoms with Crippen LogP contribution in [0.2, 0.25) is 0 Å². The first-order valence-corrected chi connectivity index (χ1v) is 11.8. The number of rotatable bonds is 9. The van der Waals surface area contributed by atoms with Gasteiger partial charge in [-0.25, -0.2) is 4.98 Å². The number of aromatic nitrogens is 4. The van der Waals surface area contributed by atoms with Crippen molar-refractivity contribution in [3.63, 3.8) is 0 Å². The summed E-state index contributed by atoms with van der Waals surface area (Å²) in [6, 6.07) is 19.4. The van der Waals surface area contributed by atoms with E-state index in [1.807, 2.05) is 36.4 Å². The minimum atomic E-state index is -4.70. The maximum atomic E-state index is 13.5. The van der Waals surface area contributed by atoms with E-state index >= 15 is 0 Å². The molecule has 0 spiro atoms. The van der Waals surface area contributed by atoms with Gasteiger partial charge in [-0.1, -0.05) is 47.6 Å². The lowest BCUT2D eigenvalue weighted by atomic mass is 10.1. The lowest BCUT2D eigenvalue weighted by Gasteiger charge is -2.09. The largest absolute Gasteiger partial charge is 0.484 e. The third-order valence-corrected chi connectivity index (χ3v) is 5.69. The van der Waals surface area contributed by atoms with Gasteiger partial charge in [0.2, 0.25) is 5.82 Å². The molecule has 10 nitrogen and oxygen atoms in total. The minimum absolute atomic E-state index is 0.0443. The monoisotopic (exact) mass is 538 g/mol. The Morgan fingerprint density at radius 2 is 1.67 bits per heavy atom. The third kappa shape index (κ3) is 5.98. The van der Waals surface area contributed by atoms with Gasteiger partial charge in [0, 0.05) is 13.1 Å². The van der Waals surface area contributed by atoms with Gasteiger partial charge < -0.3 is 24.5 Å². The van der Waals surface area contributed by atoms with Gasteiger partial charge in [-0.2, -0.15) is 18.2 Å². The van der Waals surface area contributed by atoms with Crippen molar-refractivity contribution in [1.29, 1.82) is 0 Å². The molecule has 0 aliphatic heterocycles. The van der Waals surface area contributed by atoms with Crippen molar-refractivity contribution in [3.05, 3.63) is 84.3 Å². The predicted octanol–water partition coefficient (Wildman–Crippen LogP) is 3.56. The second-order valence-electron chi connectivity index (χ2n) is 8.43. The van der Waals surface area contributed by atoms with Gasteiger partial charge in [0.05, 0.1) is 17.6 Å². The molecule has 3 aromatic carbocycles. The van der Waals surface area contributed by atoms with E-state index in [0.717, 1.165) is 15.3 Å². The highest BCUT2D eigenvalue weighted by Gasteiger charge is 2.38. The molecule has 2 amide bonds. The molecular formula is C26H21F3N6O4. The third-order valence-electron chi connectivity index (χ3n) is 5.69. The van der Waals surface area contributed by atoms with Crippen LogP contribution >= 0.6 is 0 Å². The summed E-state index contributed by atoms with van der Waals surface area (Å²) in [6.07, 6.45) is -4.70. The van der Waals surface area contributed by atoms with Crippen LogP contribution in [0.1, 0.15) is 22.3 Å². The Hall–Kier alpha value is -4.94. The zero-order valence-corrected chi connectivity index (χ0v) is 20.2.